The summed E-state index contributed by atoms with van der Waals surface area (Å²) in [5.41, 5.74) is 4.11. The second kappa shape index (κ2) is 8.53. The Labute approximate surface area is 147 Å². The van der Waals surface area contributed by atoms with E-state index in [1.807, 2.05) is 42.6 Å². The van der Waals surface area contributed by atoms with Crippen LogP contribution in [0.3, 0.4) is 0 Å². The topological polar surface area (TPSA) is 28.6 Å². The molecule has 23 heavy (non-hydrogen) atoms. The predicted octanol–water partition coefficient (Wildman–Crippen LogP) is 2.30. The summed E-state index contributed by atoms with van der Waals surface area (Å²) in [4.78, 5) is 0. The van der Waals surface area contributed by atoms with E-state index in [0.717, 1.165) is 23.5 Å². The molecule has 0 unspecified atom stereocenters. The van der Waals surface area contributed by atoms with Crippen molar-refractivity contribution in [1.29, 1.82) is 0 Å². The number of nitrogens with zero attached hydrogens (tertiary/aromatic N) is 3. The molecule has 2 aliphatic carbocycles. The van der Waals surface area contributed by atoms with Gasteiger partial charge in [-0.15, -0.1) is 10.2 Å². The van der Waals surface area contributed by atoms with Crippen molar-refractivity contribution >= 4 is 11.4 Å². The first kappa shape index (κ1) is 17.3. The number of unbranched alkanes of at least 4 members (excludes halogenated alkanes) is 1. The molecule has 0 bridgehead atoms. The maximum atomic E-state index is 4.43. The van der Waals surface area contributed by atoms with E-state index in [-0.39, 0.29) is 17.0 Å². The monoisotopic (exact) mass is 369 g/mol. The summed E-state index contributed by atoms with van der Waals surface area (Å²) in [7, 11) is 0. The summed E-state index contributed by atoms with van der Waals surface area (Å²) in [6.07, 6.45) is 6.49. The molecule has 1 heterocycles. The summed E-state index contributed by atoms with van der Waals surface area (Å²) >= 11 is 0. The lowest BCUT2D eigenvalue weighted by Gasteiger charge is -1.96. The third-order valence-corrected chi connectivity index (χ3v) is 3.65. The fourth-order valence-corrected chi connectivity index (χ4v) is 2.44. The van der Waals surface area contributed by atoms with Crippen LogP contribution in [0.2, 0.25) is 0 Å². The van der Waals surface area contributed by atoms with Crippen LogP contribution >= 0.6 is 0 Å². The number of fused-ring (bicyclic) bond motifs is 1. The Kier molecular flexibility index (Phi) is 6.41. The van der Waals surface area contributed by atoms with Crippen molar-refractivity contribution in [2.45, 2.75) is 26.3 Å². The van der Waals surface area contributed by atoms with Gasteiger partial charge >= 0.3 is 0 Å². The van der Waals surface area contributed by atoms with Crippen molar-refractivity contribution in [3.8, 4) is 11.1 Å². The Hall–Kier alpha value is -2.07. The third-order valence-electron chi connectivity index (χ3n) is 3.65. The average Bonchev–Trinajstić information content (AvgIpc) is 2.78. The largest absolute Gasteiger partial charge is 1.00 e. The molecule has 4 heteroatoms. The van der Waals surface area contributed by atoms with Gasteiger partial charge in [-0.3, -0.25) is 0 Å². The number of azo groups is 1. The van der Waals surface area contributed by atoms with Crippen LogP contribution in [0, 0.1) is 0 Å². The highest BCUT2D eigenvalue weighted by molar-refractivity contribution is 5.79. The van der Waals surface area contributed by atoms with Gasteiger partial charge in [0.2, 0.25) is 0 Å². The van der Waals surface area contributed by atoms with Crippen molar-refractivity contribution in [2.75, 3.05) is 0 Å². The first-order valence-corrected chi connectivity index (χ1v) is 7.75. The van der Waals surface area contributed by atoms with Gasteiger partial charge in [0.05, 0.1) is 5.69 Å². The lowest BCUT2D eigenvalue weighted by Crippen LogP contribution is -3.00. The van der Waals surface area contributed by atoms with E-state index in [2.05, 4.69) is 46.1 Å². The molecule has 0 N–H and O–H groups in total. The van der Waals surface area contributed by atoms with E-state index in [1.165, 1.54) is 18.4 Å². The van der Waals surface area contributed by atoms with E-state index in [9.17, 15) is 0 Å². The molecule has 3 nitrogen and oxygen atoms in total. The molecule has 0 aliphatic heterocycles. The van der Waals surface area contributed by atoms with Crippen LogP contribution in [0.15, 0.2) is 77.2 Å². The number of pyridine rings is 1. The van der Waals surface area contributed by atoms with Crippen molar-refractivity contribution in [1.82, 2.24) is 0 Å². The van der Waals surface area contributed by atoms with Crippen molar-refractivity contribution < 1.29 is 21.5 Å². The van der Waals surface area contributed by atoms with Gasteiger partial charge in [0, 0.05) is 18.1 Å². The Bertz CT molecular complexity index is 755. The minimum Gasteiger partial charge on any atom is -1.00 e. The van der Waals surface area contributed by atoms with Gasteiger partial charge in [-0.05, 0) is 17.7 Å². The van der Waals surface area contributed by atoms with Gasteiger partial charge in [-0.2, -0.15) is 0 Å². The molecule has 118 valence electrons. The second-order valence-electron chi connectivity index (χ2n) is 5.35. The molecule has 3 rings (SSSR count). The number of aromatic nitrogens is 1. The van der Waals surface area contributed by atoms with E-state index >= 15 is 0 Å². The molecule has 1 aromatic heterocycles. The molecule has 0 saturated carbocycles. The summed E-state index contributed by atoms with van der Waals surface area (Å²) < 4.78 is 2.17. The summed E-state index contributed by atoms with van der Waals surface area (Å²) in [5.74, 6) is 0. The maximum absolute atomic E-state index is 4.43. The van der Waals surface area contributed by atoms with Crippen LogP contribution < -0.4 is 21.5 Å². The molecule has 0 aromatic carbocycles. The highest BCUT2D eigenvalue weighted by atomic mass is 79.9. The second-order valence-corrected chi connectivity index (χ2v) is 5.35. The molecule has 0 saturated heterocycles. The Morgan fingerprint density at radius 1 is 0.913 bits per heavy atom. The Balaban J connectivity index is 0.00000192. The standard InChI is InChI=1S/C19H20N3.BrH/c1-2-3-13-22-14-7-9-17(15-22)20-21-19-12-11-16-8-5-4-6-10-18(16)19;/h4-12,14-15H,2-3,13H2,1H3;1H/q+1;/p-1. The number of rotatable bonds is 5. The van der Waals surface area contributed by atoms with Crippen molar-refractivity contribution in [3.05, 3.63) is 67.0 Å². The molecular formula is C19H20BrN3. The minimum absolute atomic E-state index is 0. The zero-order chi connectivity index (χ0) is 15.2. The summed E-state index contributed by atoms with van der Waals surface area (Å²) in [6, 6.07) is 18.4. The van der Waals surface area contributed by atoms with Crippen LogP contribution in [0.1, 0.15) is 19.8 Å². The fraction of sp³-hybridized carbons (Fsp3) is 0.211. The zero-order valence-electron chi connectivity index (χ0n) is 13.2. The predicted molar refractivity (Wildman–Crippen MR) is 88.8 cm³/mol. The van der Waals surface area contributed by atoms with Crippen LogP contribution in [0.4, 0.5) is 11.4 Å². The molecule has 1 aromatic rings. The lowest BCUT2D eigenvalue weighted by molar-refractivity contribution is -0.696. The highest BCUT2D eigenvalue weighted by Crippen LogP contribution is 2.34. The molecule has 0 spiro atoms. The van der Waals surface area contributed by atoms with Gasteiger partial charge < -0.3 is 17.0 Å². The molecular weight excluding hydrogens is 350 g/mol. The van der Waals surface area contributed by atoms with E-state index < -0.39 is 0 Å². The molecule has 0 radical (unpaired) electrons. The summed E-state index contributed by atoms with van der Waals surface area (Å²) in [5, 5.41) is 8.82. The fourth-order valence-electron chi connectivity index (χ4n) is 2.44. The first-order valence-electron chi connectivity index (χ1n) is 7.75. The van der Waals surface area contributed by atoms with Crippen LogP contribution in [0.5, 0.6) is 0 Å². The van der Waals surface area contributed by atoms with Crippen LogP contribution in [-0.4, -0.2) is 0 Å². The van der Waals surface area contributed by atoms with E-state index in [0.29, 0.717) is 0 Å². The molecule has 0 amide bonds. The number of hydrogen-bond donors (Lipinski definition) is 0. The number of aryl methyl sites for hydroxylation is 1. The zero-order valence-corrected chi connectivity index (χ0v) is 14.8. The maximum Gasteiger partial charge on any atom is 0.196 e. The lowest BCUT2D eigenvalue weighted by atomic mass is 10.2. The van der Waals surface area contributed by atoms with E-state index in [1.54, 1.807) is 0 Å². The van der Waals surface area contributed by atoms with E-state index in [4.69, 9.17) is 0 Å². The van der Waals surface area contributed by atoms with Gasteiger partial charge in [-0.25, -0.2) is 4.57 Å². The number of halogens is 1. The first-order chi connectivity index (χ1) is 10.9. The quantitative estimate of drug-likeness (QED) is 0.487. The smallest absolute Gasteiger partial charge is 0.196 e. The third kappa shape index (κ3) is 4.45. The van der Waals surface area contributed by atoms with Gasteiger partial charge in [0.25, 0.3) is 0 Å². The number of hydrogen-bond acceptors (Lipinski definition) is 2. The minimum atomic E-state index is 0. The van der Waals surface area contributed by atoms with Crippen LogP contribution in [-0.2, 0) is 6.54 Å². The molecule has 0 atom stereocenters. The highest BCUT2D eigenvalue weighted by Gasteiger charge is 2.07. The van der Waals surface area contributed by atoms with Crippen molar-refractivity contribution in [2.24, 2.45) is 10.2 Å². The van der Waals surface area contributed by atoms with Gasteiger partial charge in [0.1, 0.15) is 12.2 Å². The Morgan fingerprint density at radius 3 is 2.65 bits per heavy atom. The molecule has 0 fully saturated rings. The van der Waals surface area contributed by atoms with Crippen LogP contribution in [0.25, 0.3) is 11.1 Å². The average molecular weight is 370 g/mol. The van der Waals surface area contributed by atoms with Gasteiger partial charge in [-0.1, -0.05) is 49.7 Å². The van der Waals surface area contributed by atoms with Gasteiger partial charge in [0.15, 0.2) is 12.4 Å². The molecule has 2 aliphatic rings. The normalized spacial score (nSPS) is 10.8. The Morgan fingerprint density at radius 2 is 1.78 bits per heavy atom. The van der Waals surface area contributed by atoms with Crippen molar-refractivity contribution in [3.63, 3.8) is 0 Å². The SMILES string of the molecule is CCCC[n+]1cccc(N=Nc2ccc3cccccc2-3)c1.[Br-]. The summed E-state index contributed by atoms with van der Waals surface area (Å²) in [6.45, 7) is 3.22.